The second-order valence-electron chi connectivity index (χ2n) is 9.11. The van der Waals surface area contributed by atoms with Crippen molar-refractivity contribution in [2.75, 3.05) is 6.61 Å². The second-order valence-corrected chi connectivity index (χ2v) is 9.11. The molecule has 4 heteroatoms. The maximum atomic E-state index is 14.9. The number of halogens is 3. The molecule has 0 spiro atoms. The number of benzene rings is 4. The van der Waals surface area contributed by atoms with Crippen LogP contribution >= 0.6 is 0 Å². The minimum atomic E-state index is -0.809. The van der Waals surface area contributed by atoms with Gasteiger partial charge in [0, 0.05) is 11.1 Å². The van der Waals surface area contributed by atoms with E-state index in [0.29, 0.717) is 36.1 Å². The molecule has 0 aromatic heterocycles. The molecular weight excluding hydrogens is 445 g/mol. The first-order chi connectivity index (χ1) is 17.0. The molecule has 0 radical (unpaired) electrons. The van der Waals surface area contributed by atoms with Gasteiger partial charge in [-0.25, -0.2) is 13.2 Å². The quantitative estimate of drug-likeness (QED) is 0.235. The molecule has 0 N–H and O–H groups in total. The lowest BCUT2D eigenvalue weighted by molar-refractivity contribution is 0.415. The van der Waals surface area contributed by atoms with Crippen molar-refractivity contribution in [2.45, 2.75) is 38.7 Å². The molecule has 1 heterocycles. The van der Waals surface area contributed by atoms with E-state index in [-0.39, 0.29) is 17.5 Å². The van der Waals surface area contributed by atoms with Crippen molar-refractivity contribution in [3.63, 3.8) is 0 Å². The molecule has 1 aliphatic heterocycles. The molecule has 35 heavy (non-hydrogen) atoms. The van der Waals surface area contributed by atoms with Crippen molar-refractivity contribution in [3.8, 4) is 22.3 Å². The molecule has 178 valence electrons. The summed E-state index contributed by atoms with van der Waals surface area (Å²) in [5.41, 5.74) is 5.64. The van der Waals surface area contributed by atoms with Crippen LogP contribution in [0.4, 0.5) is 13.2 Å². The average Bonchev–Trinajstić information content (AvgIpc) is 3.72. The number of epoxide rings is 1. The topological polar surface area (TPSA) is 12.5 Å². The van der Waals surface area contributed by atoms with Gasteiger partial charge in [-0.3, -0.25) is 0 Å². The monoisotopic (exact) mass is 472 g/mol. The van der Waals surface area contributed by atoms with Crippen LogP contribution in [0.3, 0.4) is 0 Å². The summed E-state index contributed by atoms with van der Waals surface area (Å²) in [7, 11) is 0. The lowest BCUT2D eigenvalue weighted by atomic mass is 9.96. The molecule has 1 fully saturated rings. The van der Waals surface area contributed by atoms with E-state index in [1.165, 1.54) is 11.6 Å². The summed E-state index contributed by atoms with van der Waals surface area (Å²) in [6.07, 6.45) is 2.96. The Morgan fingerprint density at radius 2 is 1.29 bits per heavy atom. The number of hydrogen-bond donors (Lipinski definition) is 0. The molecule has 4 aromatic rings. The highest BCUT2D eigenvalue weighted by Crippen LogP contribution is 2.33. The summed E-state index contributed by atoms with van der Waals surface area (Å²) in [6, 6.07) is 23.7. The molecule has 1 atom stereocenters. The first kappa shape index (κ1) is 23.4. The Morgan fingerprint density at radius 1 is 0.686 bits per heavy atom. The van der Waals surface area contributed by atoms with Crippen LogP contribution in [0, 0.1) is 17.5 Å². The summed E-state index contributed by atoms with van der Waals surface area (Å²) < 4.78 is 49.5. The van der Waals surface area contributed by atoms with Gasteiger partial charge in [0.25, 0.3) is 0 Å². The number of hydrogen-bond acceptors (Lipinski definition) is 1. The van der Waals surface area contributed by atoms with Gasteiger partial charge in [0.1, 0.15) is 11.9 Å². The molecule has 0 aliphatic carbocycles. The molecule has 1 unspecified atom stereocenters. The molecule has 1 nitrogen and oxygen atoms in total. The van der Waals surface area contributed by atoms with Gasteiger partial charge in [0.15, 0.2) is 11.6 Å². The Hall–Kier alpha value is -3.37. The Labute approximate surface area is 204 Å². The fourth-order valence-electron chi connectivity index (χ4n) is 4.48. The normalized spacial score (nSPS) is 14.8. The standard InChI is InChI=1S/C31H27F3O/c1-2-3-20-4-11-23(12-5-20)27-17-14-24(30(33)31(27)34)13-8-21-6-9-22(10-7-21)26-16-15-25(18-28(26)32)29-19-35-29/h4-7,9-12,14-18,29H,2-3,8,13,19H2,1H3. The maximum absolute atomic E-state index is 14.9. The predicted molar refractivity (Wildman–Crippen MR) is 134 cm³/mol. The second kappa shape index (κ2) is 10.1. The van der Waals surface area contributed by atoms with Crippen molar-refractivity contribution >= 4 is 0 Å². The molecule has 5 rings (SSSR count). The third-order valence-electron chi connectivity index (χ3n) is 6.61. The van der Waals surface area contributed by atoms with Gasteiger partial charge in [-0.15, -0.1) is 0 Å². The van der Waals surface area contributed by atoms with Crippen LogP contribution in [0.5, 0.6) is 0 Å². The van der Waals surface area contributed by atoms with Crippen LogP contribution in [-0.4, -0.2) is 6.61 Å². The molecule has 0 amide bonds. The van der Waals surface area contributed by atoms with Crippen LogP contribution in [0.25, 0.3) is 22.3 Å². The zero-order valence-electron chi connectivity index (χ0n) is 19.7. The number of aryl methyl sites for hydroxylation is 3. The minimum absolute atomic E-state index is 0.0200. The van der Waals surface area contributed by atoms with E-state index in [2.05, 4.69) is 6.92 Å². The summed E-state index contributed by atoms with van der Waals surface area (Å²) in [6.45, 7) is 2.76. The number of rotatable bonds is 8. The van der Waals surface area contributed by atoms with E-state index in [4.69, 9.17) is 4.74 Å². The maximum Gasteiger partial charge on any atom is 0.166 e. The largest absolute Gasteiger partial charge is 0.368 e. The highest BCUT2D eigenvalue weighted by atomic mass is 19.2. The molecule has 1 saturated heterocycles. The molecular formula is C31H27F3O. The van der Waals surface area contributed by atoms with Gasteiger partial charge in [-0.05, 0) is 58.7 Å². The molecule has 0 bridgehead atoms. The van der Waals surface area contributed by atoms with Crippen molar-refractivity contribution in [1.82, 2.24) is 0 Å². The van der Waals surface area contributed by atoms with Gasteiger partial charge in [0.2, 0.25) is 0 Å². The van der Waals surface area contributed by atoms with Gasteiger partial charge in [-0.1, -0.05) is 86.1 Å². The Morgan fingerprint density at radius 3 is 1.89 bits per heavy atom. The van der Waals surface area contributed by atoms with E-state index < -0.39 is 11.6 Å². The van der Waals surface area contributed by atoms with E-state index in [0.717, 1.165) is 29.5 Å². The fourth-order valence-corrected chi connectivity index (χ4v) is 4.48. The summed E-state index contributed by atoms with van der Waals surface area (Å²) in [4.78, 5) is 0. The van der Waals surface area contributed by atoms with E-state index in [1.807, 2.05) is 54.6 Å². The van der Waals surface area contributed by atoms with Crippen LogP contribution in [-0.2, 0) is 24.0 Å². The van der Waals surface area contributed by atoms with Crippen molar-refractivity contribution in [1.29, 1.82) is 0 Å². The summed E-state index contributed by atoms with van der Waals surface area (Å²) in [5.74, 6) is -1.88. The average molecular weight is 473 g/mol. The smallest absolute Gasteiger partial charge is 0.166 e. The third-order valence-corrected chi connectivity index (χ3v) is 6.61. The summed E-state index contributed by atoms with van der Waals surface area (Å²) >= 11 is 0. The highest BCUT2D eigenvalue weighted by Gasteiger charge is 2.25. The van der Waals surface area contributed by atoms with Gasteiger partial charge in [-0.2, -0.15) is 0 Å². The van der Waals surface area contributed by atoms with Gasteiger partial charge in [0.05, 0.1) is 6.61 Å². The van der Waals surface area contributed by atoms with Gasteiger partial charge < -0.3 is 4.74 Å². The molecule has 0 saturated carbocycles. The number of ether oxygens (including phenoxy) is 1. The Kier molecular flexibility index (Phi) is 6.74. The van der Waals surface area contributed by atoms with Crippen LogP contribution < -0.4 is 0 Å². The zero-order chi connectivity index (χ0) is 24.4. The Balaban J connectivity index is 1.26. The first-order valence-corrected chi connectivity index (χ1v) is 12.1. The summed E-state index contributed by atoms with van der Waals surface area (Å²) in [5, 5.41) is 0. The molecule has 1 aliphatic rings. The third kappa shape index (κ3) is 5.18. The lowest BCUT2D eigenvalue weighted by Gasteiger charge is -2.10. The van der Waals surface area contributed by atoms with Crippen LogP contribution in [0.1, 0.15) is 41.7 Å². The van der Waals surface area contributed by atoms with E-state index in [9.17, 15) is 13.2 Å². The molecule has 4 aromatic carbocycles. The van der Waals surface area contributed by atoms with Crippen molar-refractivity contribution < 1.29 is 17.9 Å². The van der Waals surface area contributed by atoms with Crippen LogP contribution in [0.2, 0.25) is 0 Å². The fraction of sp³-hybridized carbons (Fsp3) is 0.226. The van der Waals surface area contributed by atoms with Crippen molar-refractivity contribution in [3.05, 3.63) is 119 Å². The van der Waals surface area contributed by atoms with E-state index >= 15 is 0 Å². The minimum Gasteiger partial charge on any atom is -0.368 e. The first-order valence-electron chi connectivity index (χ1n) is 12.1. The van der Waals surface area contributed by atoms with Gasteiger partial charge >= 0.3 is 0 Å². The lowest BCUT2D eigenvalue weighted by Crippen LogP contribution is -2.00. The SMILES string of the molecule is CCCc1ccc(-c2ccc(CCc3ccc(-c4ccc(C5CO5)cc4F)cc3)c(F)c2F)cc1. The zero-order valence-corrected chi connectivity index (χ0v) is 19.7. The van der Waals surface area contributed by atoms with E-state index in [1.54, 1.807) is 18.2 Å². The van der Waals surface area contributed by atoms with Crippen molar-refractivity contribution in [2.24, 2.45) is 0 Å². The predicted octanol–water partition coefficient (Wildman–Crippen LogP) is 8.25. The van der Waals surface area contributed by atoms with Crippen LogP contribution in [0.15, 0.2) is 78.9 Å². The highest BCUT2D eigenvalue weighted by molar-refractivity contribution is 5.66. The Bertz CT molecular complexity index is 1320.